The molecule has 0 aliphatic rings. The molecule has 23 heteroatoms. The number of nitrogens with two attached hydrogens (primary N) is 1. The van der Waals surface area contributed by atoms with E-state index in [0.717, 1.165) is 12.1 Å². The van der Waals surface area contributed by atoms with Crippen LogP contribution in [0.3, 0.4) is 0 Å². The van der Waals surface area contributed by atoms with E-state index in [4.69, 9.17) is 15.9 Å². The number of carbonyl (C=O) groups is 2. The van der Waals surface area contributed by atoms with Crippen LogP contribution in [0.15, 0.2) is 48.5 Å². The summed E-state index contributed by atoms with van der Waals surface area (Å²) in [7, 11) is 0. The Morgan fingerprint density at radius 1 is 0.698 bits per heavy atom. The molecule has 2 aromatic carbocycles. The highest BCUT2D eigenvalue weighted by Crippen LogP contribution is 2.38. The van der Waals surface area contributed by atoms with E-state index in [0.29, 0.717) is 19.4 Å². The van der Waals surface area contributed by atoms with Crippen molar-refractivity contribution in [2.24, 2.45) is 5.73 Å². The van der Waals surface area contributed by atoms with Gasteiger partial charge in [0.05, 0.1) is 18.9 Å². The second-order valence-corrected chi connectivity index (χ2v) is 11.5. The number of aliphatic hydroxyl groups is 2. The van der Waals surface area contributed by atoms with E-state index < -0.39 is 85.1 Å². The van der Waals surface area contributed by atoms with Gasteiger partial charge >= 0.3 is 43.4 Å². The fraction of sp³-hybridized carbons (Fsp3) is 0.533. The van der Waals surface area contributed by atoms with Gasteiger partial charge in [0, 0.05) is 6.04 Å². The Morgan fingerprint density at radius 3 is 1.40 bits per heavy atom. The molecule has 2 rings (SSSR count). The molecular formula is C30H34F14N2O7. The van der Waals surface area contributed by atoms with E-state index >= 15 is 0 Å². The monoisotopic (exact) mass is 800 g/mol. The normalized spacial score (nSPS) is 15.8. The molecule has 0 aromatic heterocycles. The molecule has 0 spiro atoms. The first-order valence-corrected chi connectivity index (χ1v) is 14.4. The van der Waals surface area contributed by atoms with Crippen molar-refractivity contribution in [2.45, 2.75) is 101 Å². The highest BCUT2D eigenvalue weighted by atomic mass is 19.4. The van der Waals surface area contributed by atoms with Gasteiger partial charge < -0.3 is 35.8 Å². The third kappa shape index (κ3) is 16.6. The van der Waals surface area contributed by atoms with Crippen molar-refractivity contribution in [1.82, 2.24) is 5.32 Å². The first-order valence-electron chi connectivity index (χ1n) is 14.4. The maximum Gasteiger partial charge on any atom is 0.573 e. The van der Waals surface area contributed by atoms with Crippen LogP contribution in [-0.4, -0.2) is 75.8 Å². The molecule has 4 atom stereocenters. The average Bonchev–Trinajstić information content (AvgIpc) is 2.95. The topological polar surface area (TPSA) is 151 Å². The van der Waals surface area contributed by atoms with Crippen LogP contribution in [-0.2, 0) is 9.59 Å². The number of alkyl halides is 14. The lowest BCUT2D eigenvalue weighted by molar-refractivity contribution is -0.275. The molecule has 53 heavy (non-hydrogen) atoms. The molecule has 6 N–H and O–H groups in total. The number of aliphatic carboxylic acids is 1. The number of halogens is 14. The van der Waals surface area contributed by atoms with Gasteiger partial charge in [-0.15, -0.1) is 26.3 Å². The summed E-state index contributed by atoms with van der Waals surface area (Å²) < 4.78 is 179. The van der Waals surface area contributed by atoms with E-state index in [9.17, 15) is 76.2 Å². The summed E-state index contributed by atoms with van der Waals surface area (Å²) >= 11 is 0. The summed E-state index contributed by atoms with van der Waals surface area (Å²) in [5, 5.41) is 28.5. The van der Waals surface area contributed by atoms with Crippen LogP contribution in [0.4, 0.5) is 61.5 Å². The van der Waals surface area contributed by atoms with Crippen molar-refractivity contribution in [1.29, 1.82) is 0 Å². The average molecular weight is 801 g/mol. The van der Waals surface area contributed by atoms with Gasteiger partial charge in [-0.2, -0.15) is 17.6 Å². The molecule has 1 amide bonds. The van der Waals surface area contributed by atoms with Crippen molar-refractivity contribution < 1.29 is 95.8 Å². The summed E-state index contributed by atoms with van der Waals surface area (Å²) in [5.74, 6) is -13.3. The second-order valence-electron chi connectivity index (χ2n) is 11.5. The Labute approximate surface area is 291 Å². The predicted octanol–water partition coefficient (Wildman–Crippen LogP) is 7.52. The maximum absolute atomic E-state index is 13.3. The second kappa shape index (κ2) is 18.8. The zero-order valence-corrected chi connectivity index (χ0v) is 27.7. The van der Waals surface area contributed by atoms with Gasteiger partial charge in [-0.05, 0) is 63.1 Å². The van der Waals surface area contributed by atoms with Gasteiger partial charge in [-0.25, -0.2) is 17.6 Å². The summed E-state index contributed by atoms with van der Waals surface area (Å²) in [6.07, 6.45) is -20.6. The number of hydrogen-bond donors (Lipinski definition) is 5. The highest BCUT2D eigenvalue weighted by Gasteiger charge is 2.58. The number of benzene rings is 2. The zero-order chi connectivity index (χ0) is 42.0. The number of carbonyl (C=O) groups excluding carboxylic acids is 1. The van der Waals surface area contributed by atoms with Gasteiger partial charge in [-0.1, -0.05) is 24.3 Å². The number of amides is 1. The number of ether oxygens (including phenoxy) is 2. The van der Waals surface area contributed by atoms with E-state index in [1.165, 1.54) is 37.3 Å². The summed E-state index contributed by atoms with van der Waals surface area (Å²) in [6.45, 7) is 3.76. The Hall–Kier alpha value is -4.12. The van der Waals surface area contributed by atoms with Crippen LogP contribution in [0.25, 0.3) is 0 Å². The van der Waals surface area contributed by atoms with Gasteiger partial charge in [-0.3, -0.25) is 9.59 Å². The lowest BCUT2D eigenvalue weighted by Crippen LogP contribution is -2.53. The number of carboxylic acids is 1. The number of nitrogens with one attached hydrogen (secondary N) is 1. The van der Waals surface area contributed by atoms with Crippen LogP contribution in [0.1, 0.15) is 63.7 Å². The fourth-order valence-corrected chi connectivity index (χ4v) is 3.66. The smallest absolute Gasteiger partial charge is 0.481 e. The lowest BCUT2D eigenvalue weighted by Gasteiger charge is -2.31. The van der Waals surface area contributed by atoms with E-state index in [1.54, 1.807) is 13.0 Å². The van der Waals surface area contributed by atoms with Crippen LogP contribution in [0, 0.1) is 0 Å². The Morgan fingerprint density at radius 2 is 1.06 bits per heavy atom. The van der Waals surface area contributed by atoms with Crippen molar-refractivity contribution in [2.75, 3.05) is 0 Å². The van der Waals surface area contributed by atoms with Gasteiger partial charge in [0.2, 0.25) is 5.91 Å². The molecule has 0 aliphatic heterocycles. The quantitative estimate of drug-likeness (QED) is 0.131. The molecule has 0 aliphatic carbocycles. The largest absolute Gasteiger partial charge is 0.573 e. The number of carboxylic acid groups (broad SMARTS) is 1. The zero-order valence-electron chi connectivity index (χ0n) is 27.7. The fourth-order valence-electron chi connectivity index (χ4n) is 3.66. The maximum atomic E-state index is 13.3. The Bertz CT molecular complexity index is 1470. The highest BCUT2D eigenvalue weighted by molar-refractivity contribution is 5.77. The van der Waals surface area contributed by atoms with Crippen LogP contribution >= 0.6 is 0 Å². The minimum Gasteiger partial charge on any atom is -0.481 e. The molecule has 0 heterocycles. The first kappa shape index (κ1) is 48.9. The number of rotatable bonds is 13. The van der Waals surface area contributed by atoms with Crippen molar-refractivity contribution >= 4 is 11.9 Å². The van der Waals surface area contributed by atoms with Gasteiger partial charge in [0.15, 0.2) is 0 Å². The minimum atomic E-state index is -4.93. The van der Waals surface area contributed by atoms with Crippen LogP contribution in [0.5, 0.6) is 11.5 Å². The summed E-state index contributed by atoms with van der Waals surface area (Å²) in [5.41, 5.74) is -0.304. The van der Waals surface area contributed by atoms with E-state index in [2.05, 4.69) is 14.8 Å². The molecule has 2 unspecified atom stereocenters. The van der Waals surface area contributed by atoms with Crippen molar-refractivity contribution in [3.05, 3.63) is 59.7 Å². The standard InChI is InChI=1S/C15H16F7NO3.C9H10F3NO.C6H8F4O3/c1-8(9-4-3-5-10(6-9)26-15(20,21)22)23-11(24)7-13(2,25)14(18,19)12(16)17;1-6(13)7-3-2-4-8(5-7)14-9(10,11)12;1-5(13,2-3(11)12)6(9,10)4(7)8/h3-6,8,12,25H,7H2,1-2H3,(H,23,24);2-6H,13H2,1H3;4,13H,2H2,1H3,(H,11,12)/t8-,13?;6-;/m00./s1. The third-order valence-corrected chi connectivity index (χ3v) is 6.57. The SMILES string of the molecule is CC(O)(CC(=O)O)C(F)(F)C(F)F.C[C@H](N)c1cccc(OC(F)(F)F)c1.C[C@H](NC(=O)CC(C)(O)C(F)(F)C(F)F)c1cccc(OC(F)(F)F)c1. The molecular weight excluding hydrogens is 766 g/mol. The van der Waals surface area contributed by atoms with Crippen molar-refractivity contribution in [3.8, 4) is 11.5 Å². The Kier molecular flexibility index (Phi) is 17.3. The summed E-state index contributed by atoms with van der Waals surface area (Å²) in [4.78, 5) is 21.7. The van der Waals surface area contributed by atoms with E-state index in [1.807, 2.05) is 0 Å². The van der Waals surface area contributed by atoms with Gasteiger partial charge in [0.25, 0.3) is 0 Å². The molecule has 0 radical (unpaired) electrons. The first-order chi connectivity index (χ1) is 23.6. The lowest BCUT2D eigenvalue weighted by atomic mass is 9.93. The molecule has 0 bridgehead atoms. The number of hydrogen-bond acceptors (Lipinski definition) is 7. The molecule has 304 valence electrons. The molecule has 0 saturated heterocycles. The van der Waals surface area contributed by atoms with Crippen LogP contribution < -0.4 is 20.5 Å². The minimum absolute atomic E-state index is 0.139. The molecule has 0 fully saturated rings. The third-order valence-electron chi connectivity index (χ3n) is 6.57. The molecule has 2 aromatic rings. The molecule has 9 nitrogen and oxygen atoms in total. The molecule has 0 saturated carbocycles. The Balaban J connectivity index is 0.000000843. The van der Waals surface area contributed by atoms with Gasteiger partial charge in [0.1, 0.15) is 22.7 Å². The summed E-state index contributed by atoms with van der Waals surface area (Å²) in [6, 6.07) is 8.87. The van der Waals surface area contributed by atoms with Crippen molar-refractivity contribution in [3.63, 3.8) is 0 Å². The van der Waals surface area contributed by atoms with Crippen LogP contribution in [0.2, 0.25) is 0 Å². The predicted molar refractivity (Wildman–Crippen MR) is 155 cm³/mol. The van der Waals surface area contributed by atoms with E-state index in [-0.39, 0.29) is 17.4 Å².